The van der Waals surface area contributed by atoms with Gasteiger partial charge in [0.1, 0.15) is 12.4 Å². The van der Waals surface area contributed by atoms with E-state index < -0.39 is 57.9 Å². The van der Waals surface area contributed by atoms with Crippen LogP contribution in [-0.2, 0) is 24.5 Å². The van der Waals surface area contributed by atoms with Gasteiger partial charge in [0, 0.05) is 6.54 Å². The lowest BCUT2D eigenvalue weighted by atomic mass is 10.2. The number of pyridine rings is 1. The highest BCUT2D eigenvalue weighted by molar-refractivity contribution is 6.33. The summed E-state index contributed by atoms with van der Waals surface area (Å²) in [4.78, 5) is 17.3. The number of hydrogen-bond donors (Lipinski definition) is 1. The molecule has 16 heteroatoms. The Labute approximate surface area is 251 Å². The quantitative estimate of drug-likeness (QED) is 0.183. The van der Waals surface area contributed by atoms with E-state index in [1.807, 2.05) is 30.3 Å². The summed E-state index contributed by atoms with van der Waals surface area (Å²) in [5.74, 6) is -3.82. The summed E-state index contributed by atoms with van der Waals surface area (Å²) in [6.45, 7) is 2.54. The van der Waals surface area contributed by atoms with E-state index in [2.05, 4.69) is 25.6 Å². The fourth-order valence-corrected chi connectivity index (χ4v) is 4.42. The molecule has 5 rings (SSSR count). The van der Waals surface area contributed by atoms with Gasteiger partial charge in [-0.25, -0.2) is 13.6 Å². The highest BCUT2D eigenvalue weighted by Crippen LogP contribution is 2.38. The fraction of sp³-hybridized carbons (Fsp3) is 0.250. The summed E-state index contributed by atoms with van der Waals surface area (Å²) in [6.07, 6.45) is -6.38. The number of halogens is 6. The van der Waals surface area contributed by atoms with Crippen molar-refractivity contribution >= 4 is 33.9 Å². The Morgan fingerprint density at radius 1 is 1.07 bits per heavy atom. The first kappa shape index (κ1) is 30.8. The topological polar surface area (TPSA) is 109 Å². The molecule has 0 unspecified atom stereocenters. The Kier molecular flexibility index (Phi) is 8.78. The first-order valence-corrected chi connectivity index (χ1v) is 13.5. The maximum Gasteiger partial charge on any atom is 0.425 e. The monoisotopic (exact) mass is 635 g/mol. The predicted octanol–water partition coefficient (Wildman–Crippen LogP) is 6.11. The Morgan fingerprint density at radius 3 is 2.50 bits per heavy atom. The number of ether oxygens (including phenoxy) is 2. The van der Waals surface area contributed by atoms with Gasteiger partial charge in [0.05, 0.1) is 34.3 Å². The molecule has 0 aliphatic rings. The SMILES string of the molecule is CCn1c(COCc2ccccc2)nn(-c2nc(O[C@@H](C)C(F)(F)F)c3c(Nc4c(F)cccc4Cl)nncc3c2F)c1=O. The van der Waals surface area contributed by atoms with Crippen LogP contribution in [0.1, 0.15) is 25.2 Å². The first-order valence-electron chi connectivity index (χ1n) is 13.1. The second-order valence-electron chi connectivity index (χ2n) is 9.39. The zero-order valence-electron chi connectivity index (χ0n) is 23.1. The number of rotatable bonds is 10. The molecule has 10 nitrogen and oxygen atoms in total. The molecule has 1 atom stereocenters. The van der Waals surface area contributed by atoms with Crippen molar-refractivity contribution in [1.29, 1.82) is 0 Å². The van der Waals surface area contributed by atoms with Crippen LogP contribution in [0.25, 0.3) is 16.6 Å². The van der Waals surface area contributed by atoms with Gasteiger partial charge in [0.2, 0.25) is 5.88 Å². The molecule has 0 fully saturated rings. The van der Waals surface area contributed by atoms with Crippen LogP contribution in [0.4, 0.5) is 33.5 Å². The van der Waals surface area contributed by atoms with Crippen molar-refractivity contribution in [3.8, 4) is 11.7 Å². The zero-order valence-corrected chi connectivity index (χ0v) is 23.8. The van der Waals surface area contributed by atoms with Gasteiger partial charge in [-0.3, -0.25) is 4.57 Å². The third-order valence-electron chi connectivity index (χ3n) is 6.46. The minimum Gasteiger partial charge on any atom is -0.464 e. The smallest absolute Gasteiger partial charge is 0.425 e. The molecular formula is C28H23ClF5N7O3. The molecule has 230 valence electrons. The molecule has 0 bridgehead atoms. The molecule has 3 aromatic heterocycles. The summed E-state index contributed by atoms with van der Waals surface area (Å²) in [5.41, 5.74) is -0.263. The fourth-order valence-electron chi connectivity index (χ4n) is 4.21. The molecule has 3 heterocycles. The predicted molar refractivity (Wildman–Crippen MR) is 150 cm³/mol. The van der Waals surface area contributed by atoms with Gasteiger partial charge in [-0.05, 0) is 31.5 Å². The van der Waals surface area contributed by atoms with Crippen LogP contribution < -0.4 is 15.7 Å². The van der Waals surface area contributed by atoms with E-state index >= 15 is 4.39 Å². The van der Waals surface area contributed by atoms with E-state index in [4.69, 9.17) is 21.1 Å². The van der Waals surface area contributed by atoms with Crippen molar-refractivity contribution in [1.82, 2.24) is 29.5 Å². The lowest BCUT2D eigenvalue weighted by Crippen LogP contribution is -2.32. The Balaban J connectivity index is 1.63. The summed E-state index contributed by atoms with van der Waals surface area (Å²) >= 11 is 6.09. The van der Waals surface area contributed by atoms with E-state index in [0.717, 1.165) is 17.8 Å². The third kappa shape index (κ3) is 6.19. The van der Waals surface area contributed by atoms with Crippen LogP contribution in [-0.4, -0.2) is 41.8 Å². The number of nitrogens with one attached hydrogen (secondary N) is 1. The Hall–Kier alpha value is -4.63. The van der Waals surface area contributed by atoms with Crippen LogP contribution in [0.15, 0.2) is 59.5 Å². The van der Waals surface area contributed by atoms with Gasteiger partial charge < -0.3 is 14.8 Å². The average Bonchev–Trinajstić information content (AvgIpc) is 3.30. The minimum absolute atomic E-state index is 0.0985. The molecule has 5 aromatic rings. The van der Waals surface area contributed by atoms with Crippen LogP contribution in [0.5, 0.6) is 5.88 Å². The van der Waals surface area contributed by atoms with Crippen molar-refractivity contribution in [3.63, 3.8) is 0 Å². The molecule has 44 heavy (non-hydrogen) atoms. The molecule has 1 N–H and O–H groups in total. The Bertz CT molecular complexity index is 1850. The van der Waals surface area contributed by atoms with E-state index in [9.17, 15) is 22.4 Å². The van der Waals surface area contributed by atoms with Gasteiger partial charge in [0.15, 0.2) is 29.4 Å². The van der Waals surface area contributed by atoms with E-state index in [0.29, 0.717) is 11.6 Å². The lowest BCUT2D eigenvalue weighted by molar-refractivity contribution is -0.189. The number of fused-ring (bicyclic) bond motifs is 1. The number of benzene rings is 2. The van der Waals surface area contributed by atoms with Crippen LogP contribution in [0, 0.1) is 11.6 Å². The number of alkyl halides is 3. The standard InChI is InChI=1S/C28H23ClF5N7O3/c1-3-40-20(14-43-13-16-8-5-4-6-9-16)39-41(27(40)42)25-22(31)17-12-35-38-24(36-23-18(29)10-7-11-19(23)30)21(17)26(37-25)44-15(2)28(32,33)34/h4-12,15H,3,13-14H2,1-2H3,(H,36,38)/t15-/m0/s1. The summed E-state index contributed by atoms with van der Waals surface area (Å²) < 4.78 is 84.0. The molecule has 0 saturated heterocycles. The number of nitrogens with zero attached hydrogens (tertiary/aromatic N) is 6. The van der Waals surface area contributed by atoms with Crippen molar-refractivity contribution in [2.45, 2.75) is 45.9 Å². The average molecular weight is 636 g/mol. The Morgan fingerprint density at radius 2 is 1.82 bits per heavy atom. The maximum absolute atomic E-state index is 16.1. The van der Waals surface area contributed by atoms with Crippen molar-refractivity contribution in [2.75, 3.05) is 5.32 Å². The zero-order chi connectivity index (χ0) is 31.6. The highest BCUT2D eigenvalue weighted by Gasteiger charge is 2.39. The third-order valence-corrected chi connectivity index (χ3v) is 6.77. The van der Waals surface area contributed by atoms with E-state index in [-0.39, 0.29) is 36.3 Å². The summed E-state index contributed by atoms with van der Waals surface area (Å²) in [7, 11) is 0. The molecule has 0 radical (unpaired) electrons. The number of anilines is 2. The van der Waals surface area contributed by atoms with Gasteiger partial charge >= 0.3 is 11.9 Å². The summed E-state index contributed by atoms with van der Waals surface area (Å²) in [6, 6.07) is 13.0. The van der Waals surface area contributed by atoms with Gasteiger partial charge in [-0.15, -0.1) is 10.2 Å². The molecule has 0 aliphatic carbocycles. The van der Waals surface area contributed by atoms with E-state index in [1.54, 1.807) is 6.92 Å². The number of aromatic nitrogens is 6. The largest absolute Gasteiger partial charge is 0.464 e. The van der Waals surface area contributed by atoms with Crippen molar-refractivity contribution in [3.05, 3.63) is 93.3 Å². The van der Waals surface area contributed by atoms with Gasteiger partial charge in [0.25, 0.3) is 0 Å². The molecular weight excluding hydrogens is 613 g/mol. The van der Waals surface area contributed by atoms with Crippen LogP contribution in [0.2, 0.25) is 5.02 Å². The molecule has 0 saturated carbocycles. The van der Waals surface area contributed by atoms with Crippen molar-refractivity contribution in [2.24, 2.45) is 0 Å². The summed E-state index contributed by atoms with van der Waals surface area (Å²) in [5, 5.41) is 13.3. The van der Waals surface area contributed by atoms with Gasteiger partial charge in [-0.1, -0.05) is 48.0 Å². The van der Waals surface area contributed by atoms with Gasteiger partial charge in [-0.2, -0.15) is 27.9 Å². The van der Waals surface area contributed by atoms with Crippen LogP contribution >= 0.6 is 11.6 Å². The molecule has 2 aromatic carbocycles. The highest BCUT2D eigenvalue weighted by atomic mass is 35.5. The second-order valence-corrected chi connectivity index (χ2v) is 9.80. The second kappa shape index (κ2) is 12.5. The maximum atomic E-state index is 16.1. The van der Waals surface area contributed by atoms with Crippen LogP contribution in [0.3, 0.4) is 0 Å². The lowest BCUT2D eigenvalue weighted by Gasteiger charge is -2.20. The minimum atomic E-state index is -4.85. The number of para-hydroxylation sites is 1. The molecule has 0 amide bonds. The molecule has 0 aliphatic heterocycles. The molecule has 0 spiro atoms. The first-order chi connectivity index (χ1) is 21.0. The van der Waals surface area contributed by atoms with E-state index in [1.165, 1.54) is 16.7 Å². The normalized spacial score (nSPS) is 12.5. The number of hydrogen-bond acceptors (Lipinski definition) is 8. The van der Waals surface area contributed by atoms with Crippen molar-refractivity contribution < 1.29 is 31.4 Å².